The van der Waals surface area contributed by atoms with Crippen molar-refractivity contribution in [3.63, 3.8) is 0 Å². The average Bonchev–Trinajstić information content (AvgIpc) is 3.37. The van der Waals surface area contributed by atoms with Gasteiger partial charge in [0.2, 0.25) is 0 Å². The van der Waals surface area contributed by atoms with Gasteiger partial charge in [-0.25, -0.2) is 0 Å². The molecule has 4 aliphatic rings. The topological polar surface area (TPSA) is 40.5 Å². The second-order valence-corrected chi connectivity index (χ2v) is 7.31. The van der Waals surface area contributed by atoms with Crippen LogP contribution >= 0.6 is 0 Å². The largest absolute Gasteiger partial charge is 0.384 e. The number of benzene rings is 2. The summed E-state index contributed by atoms with van der Waals surface area (Å²) in [5.74, 6) is -0.0518. The van der Waals surface area contributed by atoms with E-state index in [4.69, 9.17) is 0 Å². The van der Waals surface area contributed by atoms with Crippen molar-refractivity contribution in [2.75, 3.05) is 0 Å². The van der Waals surface area contributed by atoms with E-state index in [1.54, 1.807) is 0 Å². The molecule has 0 heterocycles. The molecule has 0 radical (unpaired) electrons. The van der Waals surface area contributed by atoms with Crippen LogP contribution in [0.3, 0.4) is 0 Å². The van der Waals surface area contributed by atoms with Crippen LogP contribution in [0.25, 0.3) is 12.2 Å². The molecule has 23 heavy (non-hydrogen) atoms. The number of rotatable bonds is 0. The van der Waals surface area contributed by atoms with E-state index in [0.717, 1.165) is 22.3 Å². The summed E-state index contributed by atoms with van der Waals surface area (Å²) in [4.78, 5) is 0. The summed E-state index contributed by atoms with van der Waals surface area (Å²) in [5.41, 5.74) is 2.24. The van der Waals surface area contributed by atoms with Crippen molar-refractivity contribution in [2.45, 2.75) is 23.0 Å². The van der Waals surface area contributed by atoms with Gasteiger partial charge in [-0.1, -0.05) is 72.8 Å². The number of aliphatic hydroxyl groups is 2. The van der Waals surface area contributed by atoms with Gasteiger partial charge in [-0.05, 0) is 22.3 Å². The van der Waals surface area contributed by atoms with Gasteiger partial charge in [0.25, 0.3) is 0 Å². The first-order valence-electron chi connectivity index (χ1n) is 8.16. The van der Waals surface area contributed by atoms with Crippen LogP contribution in [0.1, 0.15) is 34.1 Å². The molecule has 0 bridgehead atoms. The summed E-state index contributed by atoms with van der Waals surface area (Å²) in [6.07, 6.45) is 7.83. The van der Waals surface area contributed by atoms with E-state index in [1.165, 1.54) is 0 Å². The Labute approximate surface area is 134 Å². The SMILES string of the molecule is OC12C=Cc3ccccc3C1C21C2c3ccccc3C=CC21O. The van der Waals surface area contributed by atoms with E-state index in [9.17, 15) is 10.2 Å². The van der Waals surface area contributed by atoms with Gasteiger partial charge in [-0.3, -0.25) is 0 Å². The lowest BCUT2D eigenvalue weighted by molar-refractivity contribution is 0.122. The molecule has 0 amide bonds. The van der Waals surface area contributed by atoms with Crippen LogP contribution in [0, 0.1) is 5.41 Å². The first-order valence-corrected chi connectivity index (χ1v) is 8.16. The van der Waals surface area contributed by atoms with Crippen molar-refractivity contribution in [1.29, 1.82) is 0 Å². The van der Waals surface area contributed by atoms with E-state index in [1.807, 2.05) is 48.6 Å². The lowest BCUT2D eigenvalue weighted by Crippen LogP contribution is -2.17. The Morgan fingerprint density at radius 2 is 1.09 bits per heavy atom. The molecule has 2 heteroatoms. The van der Waals surface area contributed by atoms with Crippen LogP contribution in [-0.4, -0.2) is 21.4 Å². The standard InChI is InChI=1S/C21H16O2/c22-19-11-9-13-5-1-3-7-15(13)17(19)21(19)18-16-8-4-2-6-14(16)10-12-20(18,21)23/h1-12,17-18,22-23H. The fourth-order valence-corrected chi connectivity index (χ4v) is 5.68. The summed E-state index contributed by atoms with van der Waals surface area (Å²) in [7, 11) is 0. The van der Waals surface area contributed by atoms with Crippen molar-refractivity contribution >= 4 is 12.2 Å². The molecule has 4 unspecified atom stereocenters. The minimum atomic E-state index is -0.942. The van der Waals surface area contributed by atoms with Crippen molar-refractivity contribution < 1.29 is 10.2 Å². The maximum absolute atomic E-state index is 11.3. The number of hydrogen-bond donors (Lipinski definition) is 2. The quantitative estimate of drug-likeness (QED) is 0.785. The lowest BCUT2D eigenvalue weighted by Gasteiger charge is -2.13. The Morgan fingerprint density at radius 1 is 0.652 bits per heavy atom. The normalized spacial score (nSPS) is 43.4. The van der Waals surface area contributed by atoms with Gasteiger partial charge in [-0.15, -0.1) is 0 Å². The van der Waals surface area contributed by atoms with Crippen LogP contribution < -0.4 is 0 Å². The number of hydrogen-bond acceptors (Lipinski definition) is 2. The monoisotopic (exact) mass is 300 g/mol. The Morgan fingerprint density at radius 3 is 1.57 bits per heavy atom. The molecule has 1 spiro atoms. The predicted octanol–water partition coefficient (Wildman–Crippen LogP) is 3.08. The molecule has 4 atom stereocenters. The van der Waals surface area contributed by atoms with Gasteiger partial charge in [0.05, 0.1) is 5.41 Å². The second kappa shape index (κ2) is 3.35. The fourth-order valence-electron chi connectivity index (χ4n) is 5.68. The Hall–Kier alpha value is -2.16. The first-order chi connectivity index (χ1) is 11.1. The molecule has 112 valence electrons. The summed E-state index contributed by atoms with van der Waals surface area (Å²) >= 11 is 0. The molecule has 2 nitrogen and oxygen atoms in total. The van der Waals surface area contributed by atoms with Gasteiger partial charge in [0.1, 0.15) is 11.2 Å². The third-order valence-corrected chi connectivity index (χ3v) is 6.60. The molecule has 0 aromatic heterocycles. The highest BCUT2D eigenvalue weighted by atomic mass is 16.3. The molecular weight excluding hydrogens is 284 g/mol. The van der Waals surface area contributed by atoms with E-state index in [2.05, 4.69) is 24.3 Å². The zero-order valence-electron chi connectivity index (χ0n) is 12.5. The third-order valence-electron chi connectivity index (χ3n) is 6.60. The van der Waals surface area contributed by atoms with E-state index < -0.39 is 16.6 Å². The second-order valence-electron chi connectivity index (χ2n) is 7.31. The molecule has 0 saturated heterocycles. The zero-order chi connectivity index (χ0) is 15.4. The van der Waals surface area contributed by atoms with Gasteiger partial charge >= 0.3 is 0 Å². The van der Waals surface area contributed by atoms with Crippen molar-refractivity contribution in [2.24, 2.45) is 5.41 Å². The van der Waals surface area contributed by atoms with Crippen molar-refractivity contribution in [3.8, 4) is 0 Å². The minimum absolute atomic E-state index is 0.0259. The molecule has 2 aromatic rings. The first kappa shape index (κ1) is 12.3. The highest BCUT2D eigenvalue weighted by Crippen LogP contribution is 2.93. The van der Waals surface area contributed by atoms with Crippen LogP contribution in [-0.2, 0) is 0 Å². The van der Waals surface area contributed by atoms with E-state index >= 15 is 0 Å². The van der Waals surface area contributed by atoms with Gasteiger partial charge < -0.3 is 10.2 Å². The lowest BCUT2D eigenvalue weighted by atomic mass is 9.95. The summed E-state index contributed by atoms with van der Waals surface area (Å²) in [5, 5.41) is 22.7. The van der Waals surface area contributed by atoms with Crippen LogP contribution in [0.5, 0.6) is 0 Å². The van der Waals surface area contributed by atoms with Crippen LogP contribution in [0.15, 0.2) is 60.7 Å². The van der Waals surface area contributed by atoms with Gasteiger partial charge in [0.15, 0.2) is 0 Å². The maximum atomic E-state index is 11.3. The Balaban J connectivity index is 1.60. The van der Waals surface area contributed by atoms with Gasteiger partial charge in [0, 0.05) is 11.8 Å². The average molecular weight is 300 g/mol. The smallest absolute Gasteiger partial charge is 0.101 e. The maximum Gasteiger partial charge on any atom is 0.101 e. The summed E-state index contributed by atoms with van der Waals surface area (Å²) in [6.45, 7) is 0. The van der Waals surface area contributed by atoms with Crippen LogP contribution in [0.2, 0.25) is 0 Å². The molecule has 6 rings (SSSR count). The Bertz CT molecular complexity index is 863. The molecule has 4 aliphatic carbocycles. The van der Waals surface area contributed by atoms with E-state index in [-0.39, 0.29) is 11.8 Å². The Kier molecular flexibility index (Phi) is 1.79. The summed E-state index contributed by atoms with van der Waals surface area (Å²) in [6, 6.07) is 16.4. The molecule has 2 N–H and O–H groups in total. The minimum Gasteiger partial charge on any atom is -0.384 e. The molecular formula is C21H16O2. The van der Waals surface area contributed by atoms with E-state index in [0.29, 0.717) is 0 Å². The van der Waals surface area contributed by atoms with Crippen molar-refractivity contribution in [1.82, 2.24) is 0 Å². The zero-order valence-corrected chi connectivity index (χ0v) is 12.5. The molecule has 2 fully saturated rings. The number of fused-ring (bicyclic) bond motifs is 10. The molecule has 0 aliphatic heterocycles. The molecule has 2 saturated carbocycles. The summed E-state index contributed by atoms with van der Waals surface area (Å²) < 4.78 is 0. The highest BCUT2D eigenvalue weighted by molar-refractivity contribution is 5.78. The van der Waals surface area contributed by atoms with Crippen LogP contribution in [0.4, 0.5) is 0 Å². The van der Waals surface area contributed by atoms with Crippen molar-refractivity contribution in [3.05, 3.63) is 82.9 Å². The van der Waals surface area contributed by atoms with Gasteiger partial charge in [-0.2, -0.15) is 0 Å². The molecule has 2 aromatic carbocycles. The third kappa shape index (κ3) is 1.04. The highest BCUT2D eigenvalue weighted by Gasteiger charge is 2.99. The fraction of sp³-hybridized carbons (Fsp3) is 0.238. The predicted molar refractivity (Wildman–Crippen MR) is 88.8 cm³/mol.